The first-order valence-corrected chi connectivity index (χ1v) is 8.03. The summed E-state index contributed by atoms with van der Waals surface area (Å²) in [6, 6.07) is 0. The van der Waals surface area contributed by atoms with Crippen molar-refractivity contribution in [1.29, 1.82) is 0 Å². The van der Waals surface area contributed by atoms with E-state index in [1.807, 2.05) is 0 Å². The summed E-state index contributed by atoms with van der Waals surface area (Å²) in [5.41, 5.74) is 6.48. The summed E-state index contributed by atoms with van der Waals surface area (Å²) < 4.78 is 0. The third-order valence-electron chi connectivity index (χ3n) is 4.81. The average Bonchev–Trinajstić information content (AvgIpc) is 2.36. The Bertz CT molecular complexity index is 229. The lowest BCUT2D eigenvalue weighted by atomic mass is 9.75. The highest BCUT2D eigenvalue weighted by Gasteiger charge is 2.38. The zero-order valence-electron chi connectivity index (χ0n) is 13.0. The first kappa shape index (κ1) is 16.0. The number of rotatable bonds is 7. The van der Waals surface area contributed by atoms with E-state index in [2.05, 4.69) is 32.6 Å². The van der Waals surface area contributed by atoms with Gasteiger partial charge in [0.1, 0.15) is 0 Å². The van der Waals surface area contributed by atoms with Gasteiger partial charge in [-0.1, -0.05) is 47.0 Å². The SMILES string of the molecule is CCCC(C)CN(CC)C1(CN)CCCC(C)C1. The smallest absolute Gasteiger partial charge is 0.0334 e. The van der Waals surface area contributed by atoms with Gasteiger partial charge < -0.3 is 5.73 Å². The fourth-order valence-corrected chi connectivity index (χ4v) is 3.85. The number of hydrogen-bond donors (Lipinski definition) is 1. The largest absolute Gasteiger partial charge is 0.329 e. The van der Waals surface area contributed by atoms with Gasteiger partial charge in [-0.15, -0.1) is 0 Å². The highest BCUT2D eigenvalue weighted by Crippen LogP contribution is 2.36. The lowest BCUT2D eigenvalue weighted by Crippen LogP contribution is -2.57. The van der Waals surface area contributed by atoms with Gasteiger partial charge in [0.05, 0.1) is 0 Å². The minimum atomic E-state index is 0.300. The van der Waals surface area contributed by atoms with E-state index in [1.54, 1.807) is 0 Å². The first-order valence-electron chi connectivity index (χ1n) is 8.03. The van der Waals surface area contributed by atoms with Gasteiger partial charge >= 0.3 is 0 Å². The van der Waals surface area contributed by atoms with Crippen molar-refractivity contribution in [2.45, 2.75) is 71.8 Å². The van der Waals surface area contributed by atoms with Crippen LogP contribution in [-0.4, -0.2) is 30.1 Å². The normalized spacial score (nSPS) is 30.7. The second-order valence-electron chi connectivity index (χ2n) is 6.56. The van der Waals surface area contributed by atoms with Gasteiger partial charge in [-0.05, 0) is 37.6 Å². The van der Waals surface area contributed by atoms with Gasteiger partial charge in [-0.25, -0.2) is 0 Å². The highest BCUT2D eigenvalue weighted by atomic mass is 15.2. The maximum Gasteiger partial charge on any atom is 0.0334 e. The lowest BCUT2D eigenvalue weighted by Gasteiger charge is -2.48. The lowest BCUT2D eigenvalue weighted by molar-refractivity contribution is 0.0316. The molecule has 0 saturated heterocycles. The van der Waals surface area contributed by atoms with Crippen LogP contribution in [0.1, 0.15) is 66.2 Å². The van der Waals surface area contributed by atoms with Gasteiger partial charge in [0, 0.05) is 18.6 Å². The van der Waals surface area contributed by atoms with Crippen LogP contribution < -0.4 is 5.73 Å². The molecule has 1 rings (SSSR count). The van der Waals surface area contributed by atoms with Crippen molar-refractivity contribution >= 4 is 0 Å². The first-order chi connectivity index (χ1) is 8.57. The van der Waals surface area contributed by atoms with Crippen molar-refractivity contribution in [2.75, 3.05) is 19.6 Å². The summed E-state index contributed by atoms with van der Waals surface area (Å²) in [6.07, 6.45) is 8.00. The Kier molecular flexibility index (Phi) is 6.65. The number of nitrogens with zero attached hydrogens (tertiary/aromatic N) is 1. The minimum Gasteiger partial charge on any atom is -0.329 e. The summed E-state index contributed by atoms with van der Waals surface area (Å²) in [7, 11) is 0. The van der Waals surface area contributed by atoms with Crippen molar-refractivity contribution in [3.05, 3.63) is 0 Å². The average molecular weight is 254 g/mol. The molecule has 0 amide bonds. The molecule has 0 spiro atoms. The fraction of sp³-hybridized carbons (Fsp3) is 1.00. The predicted molar refractivity (Wildman–Crippen MR) is 80.7 cm³/mol. The molecular weight excluding hydrogens is 220 g/mol. The van der Waals surface area contributed by atoms with E-state index in [0.29, 0.717) is 5.54 Å². The maximum atomic E-state index is 6.18. The van der Waals surface area contributed by atoms with Crippen molar-refractivity contribution in [3.63, 3.8) is 0 Å². The minimum absolute atomic E-state index is 0.300. The molecule has 1 fully saturated rings. The molecule has 1 aliphatic carbocycles. The Morgan fingerprint density at radius 1 is 1.39 bits per heavy atom. The molecule has 1 aliphatic rings. The second-order valence-corrected chi connectivity index (χ2v) is 6.56. The van der Waals surface area contributed by atoms with Crippen LogP contribution in [0.5, 0.6) is 0 Å². The molecule has 3 unspecified atom stereocenters. The van der Waals surface area contributed by atoms with E-state index in [9.17, 15) is 0 Å². The Morgan fingerprint density at radius 3 is 2.61 bits per heavy atom. The third-order valence-corrected chi connectivity index (χ3v) is 4.81. The van der Waals surface area contributed by atoms with Crippen molar-refractivity contribution < 1.29 is 0 Å². The molecule has 0 heterocycles. The summed E-state index contributed by atoms with van der Waals surface area (Å²) in [5.74, 6) is 1.65. The molecule has 1 saturated carbocycles. The zero-order chi connectivity index (χ0) is 13.6. The van der Waals surface area contributed by atoms with Crippen molar-refractivity contribution in [3.8, 4) is 0 Å². The Labute approximate surface area is 114 Å². The molecule has 108 valence electrons. The van der Waals surface area contributed by atoms with Gasteiger partial charge in [0.15, 0.2) is 0 Å². The van der Waals surface area contributed by atoms with Crippen LogP contribution in [0.3, 0.4) is 0 Å². The molecule has 0 aromatic rings. The van der Waals surface area contributed by atoms with E-state index in [1.165, 1.54) is 45.1 Å². The van der Waals surface area contributed by atoms with Crippen LogP contribution in [0.25, 0.3) is 0 Å². The van der Waals surface area contributed by atoms with Crippen LogP contribution >= 0.6 is 0 Å². The molecule has 0 aliphatic heterocycles. The molecule has 3 atom stereocenters. The number of hydrogen-bond acceptors (Lipinski definition) is 2. The monoisotopic (exact) mass is 254 g/mol. The zero-order valence-corrected chi connectivity index (χ0v) is 13.0. The van der Waals surface area contributed by atoms with E-state index in [-0.39, 0.29) is 0 Å². The van der Waals surface area contributed by atoms with Gasteiger partial charge in [0.2, 0.25) is 0 Å². The van der Waals surface area contributed by atoms with Crippen LogP contribution in [0.2, 0.25) is 0 Å². The van der Waals surface area contributed by atoms with Gasteiger partial charge in [0.25, 0.3) is 0 Å². The van der Waals surface area contributed by atoms with Crippen LogP contribution in [0, 0.1) is 11.8 Å². The number of likely N-dealkylation sites (N-methyl/N-ethyl adjacent to an activating group) is 1. The molecule has 2 nitrogen and oxygen atoms in total. The summed E-state index contributed by atoms with van der Waals surface area (Å²) >= 11 is 0. The van der Waals surface area contributed by atoms with E-state index in [4.69, 9.17) is 5.73 Å². The standard InChI is InChI=1S/C16H34N2/c1-5-8-15(4)12-18(6-2)16(13-17)10-7-9-14(3)11-16/h14-15H,5-13,17H2,1-4H3. The third kappa shape index (κ3) is 3.96. The van der Waals surface area contributed by atoms with E-state index >= 15 is 0 Å². The molecule has 18 heavy (non-hydrogen) atoms. The van der Waals surface area contributed by atoms with E-state index in [0.717, 1.165) is 24.9 Å². The van der Waals surface area contributed by atoms with Crippen LogP contribution in [0.4, 0.5) is 0 Å². The van der Waals surface area contributed by atoms with Gasteiger partial charge in [-0.3, -0.25) is 4.90 Å². The Morgan fingerprint density at radius 2 is 2.11 bits per heavy atom. The molecule has 0 aromatic carbocycles. The fourth-order valence-electron chi connectivity index (χ4n) is 3.85. The predicted octanol–water partition coefficient (Wildman–Crippen LogP) is 3.65. The number of nitrogens with two attached hydrogens (primary N) is 1. The Hall–Kier alpha value is -0.0800. The maximum absolute atomic E-state index is 6.18. The van der Waals surface area contributed by atoms with Crippen molar-refractivity contribution in [1.82, 2.24) is 4.90 Å². The highest BCUT2D eigenvalue weighted by molar-refractivity contribution is 4.96. The van der Waals surface area contributed by atoms with Crippen molar-refractivity contribution in [2.24, 2.45) is 17.6 Å². The molecule has 2 heteroatoms. The molecule has 0 bridgehead atoms. The quantitative estimate of drug-likeness (QED) is 0.751. The van der Waals surface area contributed by atoms with Crippen LogP contribution in [-0.2, 0) is 0 Å². The molecule has 2 N–H and O–H groups in total. The second kappa shape index (κ2) is 7.49. The molecular formula is C16H34N2. The molecule has 0 radical (unpaired) electrons. The van der Waals surface area contributed by atoms with Crippen LogP contribution in [0.15, 0.2) is 0 Å². The topological polar surface area (TPSA) is 29.3 Å². The van der Waals surface area contributed by atoms with E-state index < -0.39 is 0 Å². The van der Waals surface area contributed by atoms with Gasteiger partial charge in [-0.2, -0.15) is 0 Å². The summed E-state index contributed by atoms with van der Waals surface area (Å²) in [6.45, 7) is 12.6. The molecule has 0 aromatic heterocycles. The summed E-state index contributed by atoms with van der Waals surface area (Å²) in [4.78, 5) is 2.70. The Balaban J connectivity index is 2.69. The summed E-state index contributed by atoms with van der Waals surface area (Å²) in [5, 5.41) is 0.